The van der Waals surface area contributed by atoms with Gasteiger partial charge in [-0.15, -0.1) is 5.10 Å². The Bertz CT molecular complexity index is 537. The zero-order valence-electron chi connectivity index (χ0n) is 14.5. The highest BCUT2D eigenvalue weighted by Crippen LogP contribution is 2.27. The second-order valence-electron chi connectivity index (χ2n) is 7.92. The fourth-order valence-corrected chi connectivity index (χ4v) is 3.14. The van der Waals surface area contributed by atoms with Crippen molar-refractivity contribution >= 4 is 11.7 Å². The minimum atomic E-state index is 0.0321. The fraction of sp³-hybridized carbons (Fsp3) is 0.722. The number of carbonyl (C=O) groups excluding carboxylic acids is 1. The van der Waals surface area contributed by atoms with Crippen molar-refractivity contribution in [1.82, 2.24) is 15.5 Å². The predicted octanol–water partition coefficient (Wildman–Crippen LogP) is 2.66. The van der Waals surface area contributed by atoms with Gasteiger partial charge in [-0.25, -0.2) is 0 Å². The van der Waals surface area contributed by atoms with Gasteiger partial charge in [0.2, 0.25) is 5.91 Å². The first kappa shape index (κ1) is 16.2. The summed E-state index contributed by atoms with van der Waals surface area (Å²) in [6.45, 7) is 8.30. The summed E-state index contributed by atoms with van der Waals surface area (Å²) in [6.07, 6.45) is 5.32. The van der Waals surface area contributed by atoms with E-state index in [-0.39, 0.29) is 17.2 Å². The highest BCUT2D eigenvalue weighted by atomic mass is 16.2. The van der Waals surface area contributed by atoms with Gasteiger partial charge in [0.1, 0.15) is 0 Å². The monoisotopic (exact) mass is 316 g/mol. The highest BCUT2D eigenvalue weighted by Gasteiger charge is 2.28. The van der Waals surface area contributed by atoms with Crippen LogP contribution in [0.2, 0.25) is 0 Å². The number of anilines is 1. The molecule has 1 amide bonds. The van der Waals surface area contributed by atoms with E-state index < -0.39 is 0 Å². The minimum absolute atomic E-state index is 0.0321. The van der Waals surface area contributed by atoms with Crippen LogP contribution in [0, 0.1) is 5.92 Å². The van der Waals surface area contributed by atoms with Crippen LogP contribution in [-0.4, -0.2) is 35.2 Å². The third-order valence-corrected chi connectivity index (χ3v) is 5.06. The molecule has 5 heteroatoms. The fourth-order valence-electron chi connectivity index (χ4n) is 3.14. The summed E-state index contributed by atoms with van der Waals surface area (Å²) in [5, 5.41) is 12.0. The number of nitrogens with zero attached hydrogens (tertiary/aromatic N) is 3. The topological polar surface area (TPSA) is 58.1 Å². The average molecular weight is 316 g/mol. The van der Waals surface area contributed by atoms with Crippen molar-refractivity contribution < 1.29 is 4.79 Å². The zero-order valence-corrected chi connectivity index (χ0v) is 14.5. The van der Waals surface area contributed by atoms with Crippen LogP contribution < -0.4 is 10.2 Å². The van der Waals surface area contributed by atoms with Crippen LogP contribution in [-0.2, 0) is 10.2 Å². The lowest BCUT2D eigenvalue weighted by Crippen LogP contribution is -2.47. The second-order valence-corrected chi connectivity index (χ2v) is 7.92. The molecule has 1 saturated heterocycles. The largest absolute Gasteiger partial charge is 0.355 e. The molecular formula is C18H28N4O. The molecule has 1 aliphatic carbocycles. The quantitative estimate of drug-likeness (QED) is 0.931. The van der Waals surface area contributed by atoms with Crippen molar-refractivity contribution in [3.8, 4) is 0 Å². The first-order chi connectivity index (χ1) is 10.9. The van der Waals surface area contributed by atoms with Crippen LogP contribution in [0.15, 0.2) is 12.1 Å². The summed E-state index contributed by atoms with van der Waals surface area (Å²) in [5.74, 6) is 1.50. The van der Waals surface area contributed by atoms with Crippen molar-refractivity contribution in [3.05, 3.63) is 17.8 Å². The SMILES string of the molecule is CC(C)(C)c1ccc(N2CCC(NC(=O)C3CCC3)CC2)nn1. The molecule has 0 radical (unpaired) electrons. The second kappa shape index (κ2) is 6.46. The predicted molar refractivity (Wildman–Crippen MR) is 91.5 cm³/mol. The molecule has 0 atom stereocenters. The molecule has 1 aliphatic heterocycles. The van der Waals surface area contributed by atoms with Crippen molar-refractivity contribution in [2.75, 3.05) is 18.0 Å². The minimum Gasteiger partial charge on any atom is -0.355 e. The summed E-state index contributed by atoms with van der Waals surface area (Å²) in [6, 6.07) is 4.47. The summed E-state index contributed by atoms with van der Waals surface area (Å²) in [4.78, 5) is 14.3. The molecule has 126 valence electrons. The Hall–Kier alpha value is -1.65. The van der Waals surface area contributed by atoms with Crippen molar-refractivity contribution in [3.63, 3.8) is 0 Å². The van der Waals surface area contributed by atoms with Gasteiger partial charge < -0.3 is 10.2 Å². The number of aromatic nitrogens is 2. The maximum atomic E-state index is 12.0. The number of rotatable bonds is 3. The molecule has 2 heterocycles. The number of carbonyl (C=O) groups is 1. The Balaban J connectivity index is 1.51. The van der Waals surface area contributed by atoms with E-state index in [1.807, 2.05) is 0 Å². The number of hydrogen-bond donors (Lipinski definition) is 1. The summed E-state index contributed by atoms with van der Waals surface area (Å²) >= 11 is 0. The van der Waals surface area contributed by atoms with Crippen LogP contribution in [0.5, 0.6) is 0 Å². The van der Waals surface area contributed by atoms with Gasteiger partial charge >= 0.3 is 0 Å². The standard InChI is InChI=1S/C18H28N4O/c1-18(2,3)15-7-8-16(21-20-15)22-11-9-14(10-12-22)19-17(23)13-5-4-6-13/h7-8,13-14H,4-6,9-12H2,1-3H3,(H,19,23). The first-order valence-corrected chi connectivity index (χ1v) is 8.83. The molecule has 1 saturated carbocycles. The first-order valence-electron chi connectivity index (χ1n) is 8.83. The number of piperidine rings is 1. The van der Waals surface area contributed by atoms with E-state index in [1.165, 1.54) is 6.42 Å². The normalized spacial score (nSPS) is 20.2. The molecular weight excluding hydrogens is 288 g/mol. The van der Waals surface area contributed by atoms with Gasteiger partial charge in [0.05, 0.1) is 5.69 Å². The smallest absolute Gasteiger partial charge is 0.223 e. The van der Waals surface area contributed by atoms with Gasteiger partial charge in [0.15, 0.2) is 5.82 Å². The molecule has 0 aromatic carbocycles. The Morgan fingerprint density at radius 2 is 1.83 bits per heavy atom. The van der Waals surface area contributed by atoms with E-state index in [1.54, 1.807) is 0 Å². The molecule has 0 unspecified atom stereocenters. The van der Waals surface area contributed by atoms with E-state index in [0.717, 1.165) is 50.3 Å². The molecule has 2 fully saturated rings. The number of hydrogen-bond acceptors (Lipinski definition) is 4. The Morgan fingerprint density at radius 3 is 2.30 bits per heavy atom. The average Bonchev–Trinajstić information content (AvgIpc) is 2.45. The van der Waals surface area contributed by atoms with E-state index in [0.29, 0.717) is 6.04 Å². The Morgan fingerprint density at radius 1 is 1.13 bits per heavy atom. The van der Waals surface area contributed by atoms with Gasteiger partial charge in [-0.1, -0.05) is 27.2 Å². The molecule has 1 N–H and O–H groups in total. The lowest BCUT2D eigenvalue weighted by Gasteiger charge is -2.34. The molecule has 0 spiro atoms. The molecule has 5 nitrogen and oxygen atoms in total. The van der Waals surface area contributed by atoms with Gasteiger partial charge in [-0.3, -0.25) is 4.79 Å². The lowest BCUT2D eigenvalue weighted by atomic mass is 9.84. The van der Waals surface area contributed by atoms with E-state index in [2.05, 4.69) is 53.3 Å². The van der Waals surface area contributed by atoms with E-state index in [4.69, 9.17) is 0 Å². The lowest BCUT2D eigenvalue weighted by molar-refractivity contribution is -0.128. The van der Waals surface area contributed by atoms with Gasteiger partial charge in [0, 0.05) is 30.5 Å². The highest BCUT2D eigenvalue weighted by molar-refractivity contribution is 5.79. The Kier molecular flexibility index (Phi) is 4.55. The van der Waals surface area contributed by atoms with E-state index in [9.17, 15) is 4.79 Å². The number of nitrogens with one attached hydrogen (secondary N) is 1. The summed E-state index contributed by atoms with van der Waals surface area (Å²) in [7, 11) is 0. The maximum absolute atomic E-state index is 12.0. The van der Waals surface area contributed by atoms with Gasteiger partial charge in [0.25, 0.3) is 0 Å². The summed E-state index contributed by atoms with van der Waals surface area (Å²) in [5.41, 5.74) is 1.05. The van der Waals surface area contributed by atoms with Gasteiger partial charge in [-0.2, -0.15) is 5.10 Å². The molecule has 3 rings (SSSR count). The van der Waals surface area contributed by atoms with Crippen LogP contribution in [0.3, 0.4) is 0 Å². The van der Waals surface area contributed by atoms with Gasteiger partial charge in [-0.05, 0) is 37.8 Å². The molecule has 0 bridgehead atoms. The third-order valence-electron chi connectivity index (χ3n) is 5.06. The molecule has 1 aromatic rings. The van der Waals surface area contributed by atoms with Crippen LogP contribution in [0.1, 0.15) is 58.6 Å². The van der Waals surface area contributed by atoms with Crippen molar-refractivity contribution in [1.29, 1.82) is 0 Å². The van der Waals surface area contributed by atoms with E-state index >= 15 is 0 Å². The maximum Gasteiger partial charge on any atom is 0.223 e. The number of amides is 1. The van der Waals surface area contributed by atoms with Crippen LogP contribution >= 0.6 is 0 Å². The van der Waals surface area contributed by atoms with Crippen molar-refractivity contribution in [2.45, 2.75) is 64.3 Å². The van der Waals surface area contributed by atoms with Crippen LogP contribution in [0.4, 0.5) is 5.82 Å². The zero-order chi connectivity index (χ0) is 16.4. The molecule has 2 aliphatic rings. The summed E-state index contributed by atoms with van der Waals surface area (Å²) < 4.78 is 0. The van der Waals surface area contributed by atoms with Crippen LogP contribution in [0.25, 0.3) is 0 Å². The Labute approximate surface area is 138 Å². The molecule has 1 aromatic heterocycles. The molecule has 23 heavy (non-hydrogen) atoms. The van der Waals surface area contributed by atoms with Crippen molar-refractivity contribution in [2.24, 2.45) is 5.92 Å². The third kappa shape index (κ3) is 3.82.